The van der Waals surface area contributed by atoms with Crippen molar-refractivity contribution in [3.8, 4) is 0 Å². The molecule has 0 heterocycles. The average molecular weight is 247 g/mol. The van der Waals surface area contributed by atoms with Crippen molar-refractivity contribution < 1.29 is 39.9 Å². The second-order valence-corrected chi connectivity index (χ2v) is 1.69. The van der Waals surface area contributed by atoms with E-state index in [4.69, 9.17) is 16.1 Å². The van der Waals surface area contributed by atoms with Gasteiger partial charge in [0.05, 0.1) is 0 Å². The number of carboxylic acid groups (broad SMARTS) is 2. The minimum Gasteiger partial charge on any atom is -0.480 e. The van der Waals surface area contributed by atoms with Gasteiger partial charge in [0, 0.05) is 20.1 Å². The molecule has 6 nitrogen and oxygen atoms in total. The van der Waals surface area contributed by atoms with Crippen LogP contribution in [-0.4, -0.2) is 40.3 Å². The van der Waals surface area contributed by atoms with Crippen molar-refractivity contribution in [3.05, 3.63) is 0 Å². The van der Waals surface area contributed by atoms with Crippen molar-refractivity contribution in [1.82, 2.24) is 5.01 Å². The number of nitrogens with zero attached hydrogens (tertiary/aromatic N) is 1. The maximum atomic E-state index is 9.88. The Bertz CT molecular complexity index is 135. The summed E-state index contributed by atoms with van der Waals surface area (Å²) in [6.45, 7) is -0.932. The Hall–Kier alpha value is -0.491. The fourth-order valence-corrected chi connectivity index (χ4v) is 0.403. The van der Waals surface area contributed by atoms with Crippen LogP contribution in [0.2, 0.25) is 0 Å². The van der Waals surface area contributed by atoms with Gasteiger partial charge in [-0.15, -0.1) is 0 Å². The van der Waals surface area contributed by atoms with E-state index in [1.807, 2.05) is 0 Å². The number of hydrogen-bond acceptors (Lipinski definition) is 4. The molecular formula is C4H8N2O4Tc. The van der Waals surface area contributed by atoms with Crippen LogP contribution in [0.25, 0.3) is 0 Å². The molecule has 11 heavy (non-hydrogen) atoms. The van der Waals surface area contributed by atoms with Crippen molar-refractivity contribution in [1.29, 1.82) is 0 Å². The zero-order valence-electron chi connectivity index (χ0n) is 5.53. The van der Waals surface area contributed by atoms with E-state index in [2.05, 4.69) is 0 Å². The Morgan fingerprint density at radius 1 is 1.18 bits per heavy atom. The fraction of sp³-hybridized carbons (Fsp3) is 0.500. The van der Waals surface area contributed by atoms with Gasteiger partial charge in [-0.1, -0.05) is 0 Å². The van der Waals surface area contributed by atoms with Crippen molar-refractivity contribution in [2.45, 2.75) is 0 Å². The number of carboxylic acids is 2. The molecule has 65 valence electrons. The Morgan fingerprint density at radius 2 is 1.45 bits per heavy atom. The molecule has 0 saturated heterocycles. The summed E-state index contributed by atoms with van der Waals surface area (Å²) in [5.41, 5.74) is 0. The minimum absolute atomic E-state index is 0. The van der Waals surface area contributed by atoms with Crippen molar-refractivity contribution in [2.75, 3.05) is 13.1 Å². The number of hydrogen-bond donors (Lipinski definition) is 3. The molecule has 0 aromatic rings. The summed E-state index contributed by atoms with van der Waals surface area (Å²) in [4.78, 5) is 19.8. The van der Waals surface area contributed by atoms with Gasteiger partial charge in [-0.05, 0) is 0 Å². The summed E-state index contributed by atoms with van der Waals surface area (Å²) in [6, 6.07) is 0. The molecule has 7 heteroatoms. The van der Waals surface area contributed by atoms with Crippen molar-refractivity contribution >= 4 is 11.9 Å². The topological polar surface area (TPSA) is 104 Å². The zero-order valence-corrected chi connectivity index (χ0v) is 7.39. The van der Waals surface area contributed by atoms with Crippen LogP contribution < -0.4 is 5.84 Å². The van der Waals surface area contributed by atoms with Crippen LogP contribution in [0.3, 0.4) is 0 Å². The zero-order chi connectivity index (χ0) is 8.15. The third kappa shape index (κ3) is 9.51. The fourth-order valence-electron chi connectivity index (χ4n) is 0.403. The molecule has 0 unspecified atom stereocenters. The van der Waals surface area contributed by atoms with Gasteiger partial charge in [-0.2, -0.15) is 0 Å². The molecule has 1 radical (unpaired) electrons. The molecule has 0 fully saturated rings. The smallest absolute Gasteiger partial charge is 0.319 e. The monoisotopic (exact) mass is 247 g/mol. The van der Waals surface area contributed by atoms with E-state index in [1.165, 1.54) is 0 Å². The standard InChI is InChI=1S/C4H8N2O4.Tc/c5-6(1-3(7)8)2-4(9)10;/h1-2,5H2,(H,7,8)(H,9,10);/i;1+1. The first-order chi connectivity index (χ1) is 4.52. The van der Waals surface area contributed by atoms with E-state index in [-0.39, 0.29) is 20.1 Å². The van der Waals surface area contributed by atoms with E-state index in [0.29, 0.717) is 5.01 Å². The summed E-state index contributed by atoms with van der Waals surface area (Å²) < 4.78 is 0. The molecule has 0 bridgehead atoms. The van der Waals surface area contributed by atoms with E-state index < -0.39 is 25.0 Å². The van der Waals surface area contributed by atoms with E-state index >= 15 is 0 Å². The van der Waals surface area contributed by atoms with Gasteiger partial charge >= 0.3 is 11.9 Å². The molecule has 0 atom stereocenters. The second-order valence-electron chi connectivity index (χ2n) is 1.69. The number of nitrogens with two attached hydrogens (primary N) is 1. The maximum Gasteiger partial charge on any atom is 0.319 e. The van der Waals surface area contributed by atoms with Crippen LogP contribution in [0.1, 0.15) is 0 Å². The van der Waals surface area contributed by atoms with Crippen molar-refractivity contribution in [2.24, 2.45) is 5.84 Å². The predicted octanol–water partition coefficient (Wildman–Crippen LogP) is -1.67. The van der Waals surface area contributed by atoms with Crippen molar-refractivity contribution in [3.63, 3.8) is 0 Å². The van der Waals surface area contributed by atoms with Gasteiger partial charge < -0.3 is 10.2 Å². The molecule has 0 aromatic carbocycles. The Balaban J connectivity index is 0. The van der Waals surface area contributed by atoms with Gasteiger partial charge in [0.15, 0.2) is 0 Å². The summed E-state index contributed by atoms with van der Waals surface area (Å²) in [6.07, 6.45) is 0. The third-order valence-electron chi connectivity index (χ3n) is 0.677. The number of aliphatic carboxylic acids is 2. The number of hydrazine groups is 1. The Labute approximate surface area is 76.3 Å². The van der Waals surface area contributed by atoms with Gasteiger partial charge in [0.2, 0.25) is 0 Å². The molecule has 0 aliphatic carbocycles. The van der Waals surface area contributed by atoms with Crippen LogP contribution in [-0.2, 0) is 29.7 Å². The summed E-state index contributed by atoms with van der Waals surface area (Å²) in [5.74, 6) is 2.65. The largest absolute Gasteiger partial charge is 0.480 e. The van der Waals surface area contributed by atoms with Crippen LogP contribution in [0.15, 0.2) is 0 Å². The van der Waals surface area contributed by atoms with Gasteiger partial charge in [-0.25, -0.2) is 5.01 Å². The van der Waals surface area contributed by atoms with E-state index in [1.54, 1.807) is 0 Å². The first-order valence-corrected chi connectivity index (χ1v) is 2.45. The Kier molecular flexibility index (Phi) is 7.44. The van der Waals surface area contributed by atoms with Crippen LogP contribution in [0.4, 0.5) is 0 Å². The third-order valence-corrected chi connectivity index (χ3v) is 0.677. The summed E-state index contributed by atoms with van der Waals surface area (Å²) in [7, 11) is 0. The first-order valence-electron chi connectivity index (χ1n) is 2.45. The molecule has 0 spiro atoms. The summed E-state index contributed by atoms with van der Waals surface area (Å²) in [5, 5.41) is 16.9. The SMILES string of the molecule is NN(CC(=O)O)CC(=O)O.[99Tc]. The van der Waals surface area contributed by atoms with Crippen LogP contribution in [0.5, 0.6) is 0 Å². The van der Waals surface area contributed by atoms with Crippen LogP contribution >= 0.6 is 0 Å². The first kappa shape index (κ1) is 13.1. The molecular weight excluding hydrogens is 239 g/mol. The molecule has 0 amide bonds. The maximum absolute atomic E-state index is 9.88. The molecule has 4 N–H and O–H groups in total. The number of rotatable bonds is 4. The summed E-state index contributed by atoms with van der Waals surface area (Å²) >= 11 is 0. The predicted molar refractivity (Wildman–Crippen MR) is 31.0 cm³/mol. The van der Waals surface area contributed by atoms with Gasteiger partial charge in [0.1, 0.15) is 13.1 Å². The minimum atomic E-state index is -1.15. The molecule has 0 aliphatic heterocycles. The molecule has 0 saturated carbocycles. The molecule has 0 rings (SSSR count). The van der Waals surface area contributed by atoms with Gasteiger partial charge in [0.25, 0.3) is 0 Å². The second kappa shape index (κ2) is 6.23. The molecule has 0 aromatic heterocycles. The van der Waals surface area contributed by atoms with E-state index in [0.717, 1.165) is 0 Å². The Morgan fingerprint density at radius 3 is 1.64 bits per heavy atom. The number of carbonyl (C=O) groups is 2. The average Bonchev–Trinajstić information content (AvgIpc) is 1.58. The molecule has 0 aliphatic rings. The normalized spacial score (nSPS) is 8.91. The quantitative estimate of drug-likeness (QED) is 0.405. The van der Waals surface area contributed by atoms with Crippen LogP contribution in [0, 0.1) is 0 Å². The van der Waals surface area contributed by atoms with E-state index in [9.17, 15) is 9.59 Å². The van der Waals surface area contributed by atoms with Gasteiger partial charge in [-0.3, -0.25) is 15.4 Å².